The maximum Gasteiger partial charge on any atom is 0.314 e. The maximum absolute atomic E-state index is 11.5. The third kappa shape index (κ3) is 3.47. The summed E-state index contributed by atoms with van der Waals surface area (Å²) in [4.78, 5) is 11.5. The smallest absolute Gasteiger partial charge is 0.314 e. The van der Waals surface area contributed by atoms with Gasteiger partial charge in [-0.3, -0.25) is 4.79 Å². The van der Waals surface area contributed by atoms with Gasteiger partial charge in [0.15, 0.2) is 0 Å². The second-order valence-electron chi connectivity index (χ2n) is 4.98. The number of esters is 1. The molecule has 4 nitrogen and oxygen atoms in total. The fourth-order valence-corrected chi connectivity index (χ4v) is 1.60. The quantitative estimate of drug-likeness (QED) is 0.813. The number of rotatable bonds is 5. The molecule has 0 bridgehead atoms. The Hall–Kier alpha value is -1.55. The van der Waals surface area contributed by atoms with Crippen molar-refractivity contribution in [3.8, 4) is 5.75 Å². The highest BCUT2D eigenvalue weighted by molar-refractivity contribution is 5.75. The molecule has 0 unspecified atom stereocenters. The molecule has 0 radical (unpaired) electrons. The molecule has 0 saturated heterocycles. The number of aryl methyl sites for hydroxylation is 1. The molecule has 100 valence electrons. The first kappa shape index (κ1) is 14.5. The van der Waals surface area contributed by atoms with Gasteiger partial charge in [0.2, 0.25) is 0 Å². The van der Waals surface area contributed by atoms with E-state index in [0.29, 0.717) is 6.54 Å². The average Bonchev–Trinajstić information content (AvgIpc) is 2.36. The Balaban J connectivity index is 2.77. The van der Waals surface area contributed by atoms with Gasteiger partial charge in [-0.2, -0.15) is 0 Å². The largest absolute Gasteiger partial charge is 0.492 e. The summed E-state index contributed by atoms with van der Waals surface area (Å²) < 4.78 is 10.4. The fraction of sp³-hybridized carbons (Fsp3) is 0.500. The van der Waals surface area contributed by atoms with Crippen LogP contribution >= 0.6 is 0 Å². The first-order valence-corrected chi connectivity index (χ1v) is 5.91. The lowest BCUT2D eigenvalue weighted by atomic mass is 9.95. The van der Waals surface area contributed by atoms with E-state index >= 15 is 0 Å². The number of hydrogen-bond donors (Lipinski definition) is 1. The minimum absolute atomic E-state index is 0.260. The van der Waals surface area contributed by atoms with E-state index in [0.717, 1.165) is 16.9 Å². The highest BCUT2D eigenvalue weighted by Gasteiger charge is 2.29. The predicted octanol–water partition coefficient (Wildman–Crippen LogP) is 2.03. The predicted molar refractivity (Wildman–Crippen MR) is 70.4 cm³/mol. The summed E-state index contributed by atoms with van der Waals surface area (Å²) in [5, 5.41) is 0. The molecule has 18 heavy (non-hydrogen) atoms. The number of carbonyl (C=O) groups is 1. The van der Waals surface area contributed by atoms with Crippen LogP contribution in [0.4, 0.5) is 0 Å². The van der Waals surface area contributed by atoms with Gasteiger partial charge in [0.05, 0.1) is 12.5 Å². The summed E-state index contributed by atoms with van der Waals surface area (Å²) in [5.41, 5.74) is 7.07. The lowest BCUT2D eigenvalue weighted by molar-refractivity contribution is -0.152. The standard InChI is InChI=1S/C14H21NO3/c1-10-5-6-12(11(7-10)8-15)18-9-14(2,3)13(16)17-4/h5-7H,8-9,15H2,1-4H3. The minimum Gasteiger partial charge on any atom is -0.492 e. The summed E-state index contributed by atoms with van der Waals surface area (Å²) in [6.07, 6.45) is 0. The summed E-state index contributed by atoms with van der Waals surface area (Å²) >= 11 is 0. The van der Waals surface area contributed by atoms with Crippen LogP contribution in [-0.4, -0.2) is 19.7 Å². The number of carbonyl (C=O) groups excluding carboxylic acids is 1. The van der Waals surface area contributed by atoms with E-state index in [1.54, 1.807) is 13.8 Å². The van der Waals surface area contributed by atoms with Gasteiger partial charge in [0.25, 0.3) is 0 Å². The van der Waals surface area contributed by atoms with Gasteiger partial charge < -0.3 is 15.2 Å². The summed E-state index contributed by atoms with van der Waals surface area (Å²) in [6.45, 7) is 6.25. The highest BCUT2D eigenvalue weighted by Crippen LogP contribution is 2.24. The van der Waals surface area contributed by atoms with Gasteiger partial charge in [0.1, 0.15) is 12.4 Å². The molecule has 4 heteroatoms. The zero-order valence-electron chi connectivity index (χ0n) is 11.4. The van der Waals surface area contributed by atoms with Crippen molar-refractivity contribution < 1.29 is 14.3 Å². The maximum atomic E-state index is 11.5. The fourth-order valence-electron chi connectivity index (χ4n) is 1.60. The van der Waals surface area contributed by atoms with E-state index in [4.69, 9.17) is 15.2 Å². The zero-order chi connectivity index (χ0) is 13.8. The lowest BCUT2D eigenvalue weighted by Crippen LogP contribution is -2.32. The van der Waals surface area contributed by atoms with Gasteiger partial charge in [-0.25, -0.2) is 0 Å². The Morgan fingerprint density at radius 1 is 1.39 bits per heavy atom. The first-order valence-electron chi connectivity index (χ1n) is 5.91. The Kier molecular flexibility index (Phi) is 4.73. The SMILES string of the molecule is COC(=O)C(C)(C)COc1ccc(C)cc1CN. The van der Waals surface area contributed by atoms with Crippen molar-refractivity contribution in [2.45, 2.75) is 27.3 Å². The molecule has 0 aliphatic heterocycles. The van der Waals surface area contributed by atoms with Gasteiger partial charge >= 0.3 is 5.97 Å². The molecule has 0 aliphatic carbocycles. The van der Waals surface area contributed by atoms with Crippen LogP contribution < -0.4 is 10.5 Å². The van der Waals surface area contributed by atoms with Gasteiger partial charge in [0, 0.05) is 12.1 Å². The van der Waals surface area contributed by atoms with Crippen molar-refractivity contribution in [3.05, 3.63) is 29.3 Å². The van der Waals surface area contributed by atoms with Crippen molar-refractivity contribution in [3.63, 3.8) is 0 Å². The number of methoxy groups -OCH3 is 1. The Morgan fingerprint density at radius 2 is 2.06 bits per heavy atom. The van der Waals surface area contributed by atoms with Crippen LogP contribution in [0.3, 0.4) is 0 Å². The third-order valence-corrected chi connectivity index (χ3v) is 2.76. The molecule has 1 aromatic rings. The minimum atomic E-state index is -0.675. The topological polar surface area (TPSA) is 61.5 Å². The van der Waals surface area contributed by atoms with Crippen LogP contribution in [0.5, 0.6) is 5.75 Å². The molecular weight excluding hydrogens is 230 g/mol. The molecule has 0 amide bonds. The Bertz CT molecular complexity index is 427. The van der Waals surface area contributed by atoms with Crippen LogP contribution in [0.25, 0.3) is 0 Å². The Labute approximate surface area is 108 Å². The van der Waals surface area contributed by atoms with E-state index in [1.165, 1.54) is 7.11 Å². The molecule has 1 aromatic carbocycles. The van der Waals surface area contributed by atoms with E-state index in [9.17, 15) is 4.79 Å². The average molecular weight is 251 g/mol. The van der Waals surface area contributed by atoms with Gasteiger partial charge in [-0.15, -0.1) is 0 Å². The van der Waals surface area contributed by atoms with Crippen LogP contribution in [0.15, 0.2) is 18.2 Å². The number of ether oxygens (including phenoxy) is 2. The molecule has 0 saturated carbocycles. The van der Waals surface area contributed by atoms with Crippen molar-refractivity contribution in [1.29, 1.82) is 0 Å². The monoisotopic (exact) mass is 251 g/mol. The van der Waals surface area contributed by atoms with E-state index in [-0.39, 0.29) is 12.6 Å². The molecule has 0 atom stereocenters. The second-order valence-corrected chi connectivity index (χ2v) is 4.98. The number of nitrogens with two attached hydrogens (primary N) is 1. The van der Waals surface area contributed by atoms with E-state index < -0.39 is 5.41 Å². The lowest BCUT2D eigenvalue weighted by Gasteiger charge is -2.22. The van der Waals surface area contributed by atoms with Crippen molar-refractivity contribution in [2.75, 3.05) is 13.7 Å². The highest BCUT2D eigenvalue weighted by atomic mass is 16.5. The van der Waals surface area contributed by atoms with E-state index in [2.05, 4.69) is 0 Å². The normalized spacial score (nSPS) is 11.2. The molecule has 0 fully saturated rings. The van der Waals surface area contributed by atoms with Crippen LogP contribution in [0.1, 0.15) is 25.0 Å². The summed E-state index contributed by atoms with van der Waals surface area (Å²) in [7, 11) is 1.38. The van der Waals surface area contributed by atoms with Crippen molar-refractivity contribution in [2.24, 2.45) is 11.1 Å². The summed E-state index contributed by atoms with van der Waals surface area (Å²) in [6, 6.07) is 5.82. The molecule has 0 aromatic heterocycles. The van der Waals surface area contributed by atoms with Crippen molar-refractivity contribution >= 4 is 5.97 Å². The summed E-state index contributed by atoms with van der Waals surface area (Å²) in [5.74, 6) is 0.434. The molecule has 0 spiro atoms. The Morgan fingerprint density at radius 3 is 2.61 bits per heavy atom. The van der Waals surface area contributed by atoms with Crippen LogP contribution in [0, 0.1) is 12.3 Å². The van der Waals surface area contributed by atoms with Gasteiger partial charge in [-0.05, 0) is 26.8 Å². The van der Waals surface area contributed by atoms with E-state index in [1.807, 2.05) is 25.1 Å². The number of benzene rings is 1. The molecule has 1 rings (SSSR count). The molecular formula is C14H21NO3. The van der Waals surface area contributed by atoms with Crippen LogP contribution in [0.2, 0.25) is 0 Å². The molecule has 2 N–H and O–H groups in total. The van der Waals surface area contributed by atoms with Gasteiger partial charge in [-0.1, -0.05) is 17.7 Å². The first-order chi connectivity index (χ1) is 8.40. The molecule has 0 heterocycles. The zero-order valence-corrected chi connectivity index (χ0v) is 11.4. The second kappa shape index (κ2) is 5.87. The van der Waals surface area contributed by atoms with Crippen LogP contribution in [-0.2, 0) is 16.1 Å². The number of hydrogen-bond acceptors (Lipinski definition) is 4. The third-order valence-electron chi connectivity index (χ3n) is 2.76. The molecule has 0 aliphatic rings. The van der Waals surface area contributed by atoms with Crippen molar-refractivity contribution in [1.82, 2.24) is 0 Å².